The summed E-state index contributed by atoms with van der Waals surface area (Å²) in [6, 6.07) is 9.12. The van der Waals surface area contributed by atoms with Gasteiger partial charge in [-0.05, 0) is 56.5 Å². The summed E-state index contributed by atoms with van der Waals surface area (Å²) < 4.78 is 7.17. The third-order valence-corrected chi connectivity index (χ3v) is 3.84. The monoisotopic (exact) mass is 338 g/mol. The highest BCUT2D eigenvalue weighted by Gasteiger charge is 2.05. The van der Waals surface area contributed by atoms with Crippen LogP contribution in [0.2, 0.25) is 0 Å². The SMILES string of the molecule is CCOc1ccc(C(=O)NCCCc2cnc3cc(C)nn3c2)cc1. The van der Waals surface area contributed by atoms with Crippen LogP contribution in [0, 0.1) is 6.92 Å². The van der Waals surface area contributed by atoms with Gasteiger partial charge in [-0.15, -0.1) is 0 Å². The minimum atomic E-state index is -0.0701. The van der Waals surface area contributed by atoms with Gasteiger partial charge in [0.1, 0.15) is 5.75 Å². The molecule has 25 heavy (non-hydrogen) atoms. The third-order valence-electron chi connectivity index (χ3n) is 3.84. The van der Waals surface area contributed by atoms with Gasteiger partial charge in [-0.2, -0.15) is 5.10 Å². The van der Waals surface area contributed by atoms with Gasteiger partial charge in [-0.1, -0.05) is 0 Å². The molecule has 0 bridgehead atoms. The van der Waals surface area contributed by atoms with Gasteiger partial charge in [-0.3, -0.25) is 4.79 Å². The fourth-order valence-corrected chi connectivity index (χ4v) is 2.63. The number of aryl methyl sites for hydroxylation is 2. The summed E-state index contributed by atoms with van der Waals surface area (Å²) in [7, 11) is 0. The highest BCUT2D eigenvalue weighted by Crippen LogP contribution is 2.12. The van der Waals surface area contributed by atoms with Crippen molar-refractivity contribution in [3.63, 3.8) is 0 Å². The van der Waals surface area contributed by atoms with Crippen molar-refractivity contribution in [2.24, 2.45) is 0 Å². The number of fused-ring (bicyclic) bond motifs is 1. The molecule has 0 aliphatic heterocycles. The number of aromatic nitrogens is 3. The zero-order valence-corrected chi connectivity index (χ0v) is 14.5. The van der Waals surface area contributed by atoms with E-state index in [1.54, 1.807) is 16.6 Å². The summed E-state index contributed by atoms with van der Waals surface area (Å²) in [6.45, 7) is 5.11. The Hall–Kier alpha value is -2.89. The molecular weight excluding hydrogens is 316 g/mol. The summed E-state index contributed by atoms with van der Waals surface area (Å²) in [5, 5.41) is 7.30. The van der Waals surface area contributed by atoms with E-state index in [4.69, 9.17) is 4.74 Å². The maximum atomic E-state index is 12.1. The third kappa shape index (κ3) is 4.35. The molecule has 1 aromatic carbocycles. The van der Waals surface area contributed by atoms with Crippen molar-refractivity contribution in [3.05, 3.63) is 59.5 Å². The summed E-state index contributed by atoms with van der Waals surface area (Å²) in [5.41, 5.74) is 3.54. The molecule has 0 aliphatic rings. The second-order valence-electron chi connectivity index (χ2n) is 5.87. The molecule has 1 N–H and O–H groups in total. The average molecular weight is 338 g/mol. The van der Waals surface area contributed by atoms with Gasteiger partial charge in [0.2, 0.25) is 0 Å². The second-order valence-corrected chi connectivity index (χ2v) is 5.87. The molecule has 3 aromatic rings. The van der Waals surface area contributed by atoms with Crippen LogP contribution in [0.25, 0.3) is 5.65 Å². The molecule has 2 aromatic heterocycles. The van der Waals surface area contributed by atoms with Crippen LogP contribution in [0.4, 0.5) is 0 Å². The Labute approximate surface area is 146 Å². The molecule has 0 aliphatic carbocycles. The first kappa shape index (κ1) is 17.0. The minimum absolute atomic E-state index is 0.0701. The lowest BCUT2D eigenvalue weighted by atomic mass is 10.1. The predicted molar refractivity (Wildman–Crippen MR) is 96.0 cm³/mol. The fourth-order valence-electron chi connectivity index (χ4n) is 2.63. The normalized spacial score (nSPS) is 10.8. The molecular formula is C19H22N4O2. The Morgan fingerprint density at radius 1 is 1.28 bits per heavy atom. The Bertz CT molecular complexity index is 855. The molecule has 0 fully saturated rings. The van der Waals surface area contributed by atoms with E-state index in [9.17, 15) is 4.79 Å². The fraction of sp³-hybridized carbons (Fsp3) is 0.316. The van der Waals surface area contributed by atoms with Gasteiger partial charge in [0, 0.05) is 30.6 Å². The van der Waals surface area contributed by atoms with Crippen molar-refractivity contribution in [2.45, 2.75) is 26.7 Å². The molecule has 0 saturated carbocycles. The Kier molecular flexibility index (Phi) is 5.28. The van der Waals surface area contributed by atoms with E-state index >= 15 is 0 Å². The molecule has 6 heteroatoms. The lowest BCUT2D eigenvalue weighted by molar-refractivity contribution is 0.0953. The smallest absolute Gasteiger partial charge is 0.251 e. The van der Waals surface area contributed by atoms with E-state index in [1.807, 2.05) is 44.4 Å². The van der Waals surface area contributed by atoms with Gasteiger partial charge >= 0.3 is 0 Å². The van der Waals surface area contributed by atoms with Crippen LogP contribution < -0.4 is 10.1 Å². The summed E-state index contributed by atoms with van der Waals surface area (Å²) in [5.74, 6) is 0.704. The number of hydrogen-bond donors (Lipinski definition) is 1. The number of benzene rings is 1. The predicted octanol–water partition coefficient (Wildman–Crippen LogP) is 2.80. The minimum Gasteiger partial charge on any atom is -0.494 e. The van der Waals surface area contributed by atoms with Gasteiger partial charge < -0.3 is 10.1 Å². The Balaban J connectivity index is 1.47. The van der Waals surface area contributed by atoms with E-state index in [0.717, 1.165) is 35.5 Å². The van der Waals surface area contributed by atoms with Crippen LogP contribution in [-0.4, -0.2) is 33.7 Å². The molecule has 0 radical (unpaired) electrons. The number of nitrogens with one attached hydrogen (secondary N) is 1. The van der Waals surface area contributed by atoms with Gasteiger partial charge in [0.15, 0.2) is 5.65 Å². The summed E-state index contributed by atoms with van der Waals surface area (Å²) in [6.07, 6.45) is 5.54. The summed E-state index contributed by atoms with van der Waals surface area (Å²) >= 11 is 0. The molecule has 6 nitrogen and oxygen atoms in total. The molecule has 130 valence electrons. The molecule has 1 amide bonds. The van der Waals surface area contributed by atoms with E-state index in [1.165, 1.54) is 0 Å². The number of carbonyl (C=O) groups excluding carboxylic acids is 1. The zero-order chi connectivity index (χ0) is 17.6. The zero-order valence-electron chi connectivity index (χ0n) is 14.5. The van der Waals surface area contributed by atoms with Crippen molar-refractivity contribution in [2.75, 3.05) is 13.2 Å². The standard InChI is InChI=1S/C19H22N4O2/c1-3-25-17-8-6-16(7-9-17)19(24)20-10-4-5-15-12-21-18-11-14(2)22-23(18)13-15/h6-9,11-13H,3-5,10H2,1-2H3,(H,20,24). The average Bonchev–Trinajstić information content (AvgIpc) is 2.99. The number of ether oxygens (including phenoxy) is 1. The van der Waals surface area contributed by atoms with Crippen molar-refractivity contribution in [1.82, 2.24) is 19.9 Å². The largest absolute Gasteiger partial charge is 0.494 e. The van der Waals surface area contributed by atoms with E-state index in [-0.39, 0.29) is 5.91 Å². The second kappa shape index (κ2) is 7.79. The van der Waals surface area contributed by atoms with E-state index < -0.39 is 0 Å². The number of carbonyl (C=O) groups is 1. The molecule has 0 spiro atoms. The lowest BCUT2D eigenvalue weighted by Gasteiger charge is -2.07. The first-order valence-corrected chi connectivity index (χ1v) is 8.47. The molecule has 0 unspecified atom stereocenters. The number of nitrogens with zero attached hydrogens (tertiary/aromatic N) is 3. The van der Waals surface area contributed by atoms with Crippen molar-refractivity contribution < 1.29 is 9.53 Å². The highest BCUT2D eigenvalue weighted by atomic mass is 16.5. The maximum absolute atomic E-state index is 12.1. The lowest BCUT2D eigenvalue weighted by Crippen LogP contribution is -2.24. The first-order valence-electron chi connectivity index (χ1n) is 8.47. The van der Waals surface area contributed by atoms with Gasteiger partial charge in [0.25, 0.3) is 5.91 Å². The Morgan fingerprint density at radius 3 is 2.84 bits per heavy atom. The van der Waals surface area contributed by atoms with Crippen LogP contribution in [-0.2, 0) is 6.42 Å². The van der Waals surface area contributed by atoms with Gasteiger partial charge in [0.05, 0.1) is 12.3 Å². The van der Waals surface area contributed by atoms with Crippen LogP contribution >= 0.6 is 0 Å². The quantitative estimate of drug-likeness (QED) is 0.673. The van der Waals surface area contributed by atoms with Crippen LogP contribution in [0.3, 0.4) is 0 Å². The van der Waals surface area contributed by atoms with Crippen LogP contribution in [0.5, 0.6) is 5.75 Å². The highest BCUT2D eigenvalue weighted by molar-refractivity contribution is 5.94. The molecule has 0 atom stereocenters. The van der Waals surface area contributed by atoms with Crippen LogP contribution in [0.1, 0.15) is 35.0 Å². The summed E-state index contributed by atoms with van der Waals surface area (Å²) in [4.78, 5) is 16.5. The van der Waals surface area contributed by atoms with Crippen molar-refractivity contribution in [1.29, 1.82) is 0 Å². The Morgan fingerprint density at radius 2 is 2.08 bits per heavy atom. The van der Waals surface area contributed by atoms with Crippen molar-refractivity contribution in [3.8, 4) is 5.75 Å². The number of rotatable bonds is 7. The first-order chi connectivity index (χ1) is 12.2. The number of hydrogen-bond acceptors (Lipinski definition) is 4. The van der Waals surface area contributed by atoms with Crippen molar-refractivity contribution >= 4 is 11.6 Å². The van der Waals surface area contributed by atoms with E-state index in [0.29, 0.717) is 18.7 Å². The van der Waals surface area contributed by atoms with Gasteiger partial charge in [-0.25, -0.2) is 9.50 Å². The molecule has 0 saturated heterocycles. The number of amides is 1. The maximum Gasteiger partial charge on any atom is 0.251 e. The van der Waals surface area contributed by atoms with E-state index in [2.05, 4.69) is 15.4 Å². The van der Waals surface area contributed by atoms with Crippen LogP contribution in [0.15, 0.2) is 42.7 Å². The molecule has 3 rings (SSSR count). The topological polar surface area (TPSA) is 68.5 Å². The molecule has 2 heterocycles.